The number of nitro groups is 1. The summed E-state index contributed by atoms with van der Waals surface area (Å²) >= 11 is 0. The van der Waals surface area contributed by atoms with E-state index in [1.54, 1.807) is 31.4 Å². The third-order valence-electron chi connectivity index (χ3n) is 3.16. The molecule has 0 amide bonds. The summed E-state index contributed by atoms with van der Waals surface area (Å²) in [5.41, 5.74) is 0.470. The van der Waals surface area contributed by atoms with Crippen molar-refractivity contribution in [1.82, 2.24) is 9.97 Å². The van der Waals surface area contributed by atoms with Gasteiger partial charge in [-0.2, -0.15) is 0 Å². The van der Waals surface area contributed by atoms with Gasteiger partial charge in [0.1, 0.15) is 12.1 Å². The SMILES string of the molecule is CCCCNc1ncnc(Nc2cccc(OC)c2)c1[N+](=O)[O-]. The van der Waals surface area contributed by atoms with Crippen LogP contribution in [0.2, 0.25) is 0 Å². The topological polar surface area (TPSA) is 102 Å². The molecule has 0 aliphatic rings. The van der Waals surface area contributed by atoms with Gasteiger partial charge in [0.25, 0.3) is 0 Å². The Balaban J connectivity index is 2.29. The monoisotopic (exact) mass is 317 g/mol. The highest BCUT2D eigenvalue weighted by molar-refractivity contribution is 5.74. The lowest BCUT2D eigenvalue weighted by Gasteiger charge is -2.10. The van der Waals surface area contributed by atoms with Gasteiger partial charge in [0, 0.05) is 18.3 Å². The van der Waals surface area contributed by atoms with E-state index in [4.69, 9.17) is 4.74 Å². The quantitative estimate of drug-likeness (QED) is 0.437. The number of nitrogens with zero attached hydrogens (tertiary/aromatic N) is 3. The fraction of sp³-hybridized carbons (Fsp3) is 0.333. The van der Waals surface area contributed by atoms with E-state index >= 15 is 0 Å². The summed E-state index contributed by atoms with van der Waals surface area (Å²) in [7, 11) is 1.56. The van der Waals surface area contributed by atoms with Gasteiger partial charge in [-0.3, -0.25) is 10.1 Å². The van der Waals surface area contributed by atoms with Gasteiger partial charge >= 0.3 is 5.69 Å². The number of nitrogens with one attached hydrogen (secondary N) is 2. The molecule has 0 atom stereocenters. The van der Waals surface area contributed by atoms with Crippen LogP contribution in [-0.2, 0) is 0 Å². The largest absolute Gasteiger partial charge is 0.497 e. The molecule has 0 aliphatic heterocycles. The zero-order chi connectivity index (χ0) is 16.7. The molecular weight excluding hydrogens is 298 g/mol. The molecule has 0 unspecified atom stereocenters. The first-order valence-corrected chi connectivity index (χ1v) is 7.30. The molecule has 1 heterocycles. The van der Waals surface area contributed by atoms with Crippen LogP contribution in [0.3, 0.4) is 0 Å². The van der Waals surface area contributed by atoms with Crippen molar-refractivity contribution in [3.05, 3.63) is 40.7 Å². The van der Waals surface area contributed by atoms with Gasteiger partial charge in [-0.05, 0) is 18.6 Å². The third kappa shape index (κ3) is 4.29. The molecule has 0 spiro atoms. The summed E-state index contributed by atoms with van der Waals surface area (Å²) in [5.74, 6) is 0.995. The summed E-state index contributed by atoms with van der Waals surface area (Å²) in [6.45, 7) is 2.67. The maximum Gasteiger partial charge on any atom is 0.353 e. The first kappa shape index (κ1) is 16.5. The number of aromatic nitrogens is 2. The minimum atomic E-state index is -0.489. The molecule has 1 aromatic heterocycles. The molecule has 1 aromatic carbocycles. The number of hydrogen-bond donors (Lipinski definition) is 2. The Morgan fingerprint density at radius 3 is 2.78 bits per heavy atom. The van der Waals surface area contributed by atoms with Gasteiger partial charge in [-0.15, -0.1) is 0 Å². The second kappa shape index (κ2) is 7.92. The van der Waals surface area contributed by atoms with Crippen molar-refractivity contribution in [3.63, 3.8) is 0 Å². The summed E-state index contributed by atoms with van der Waals surface area (Å²) in [5, 5.41) is 17.3. The van der Waals surface area contributed by atoms with Crippen LogP contribution in [-0.4, -0.2) is 28.5 Å². The van der Waals surface area contributed by atoms with Gasteiger partial charge < -0.3 is 15.4 Å². The summed E-state index contributed by atoms with van der Waals surface area (Å²) < 4.78 is 5.14. The van der Waals surface area contributed by atoms with Crippen LogP contribution in [0.15, 0.2) is 30.6 Å². The van der Waals surface area contributed by atoms with Crippen LogP contribution in [0.4, 0.5) is 23.0 Å². The molecule has 8 heteroatoms. The minimum Gasteiger partial charge on any atom is -0.497 e. The number of hydrogen-bond acceptors (Lipinski definition) is 7. The smallest absolute Gasteiger partial charge is 0.353 e. The molecule has 2 aromatic rings. The van der Waals surface area contributed by atoms with Gasteiger partial charge in [-0.1, -0.05) is 19.4 Å². The van der Waals surface area contributed by atoms with Gasteiger partial charge in [0.2, 0.25) is 11.6 Å². The fourth-order valence-corrected chi connectivity index (χ4v) is 1.99. The number of methoxy groups -OCH3 is 1. The van der Waals surface area contributed by atoms with E-state index in [1.165, 1.54) is 6.33 Å². The predicted octanol–water partition coefficient (Wildman–Crippen LogP) is 3.35. The molecule has 2 N–H and O–H groups in total. The molecule has 2 rings (SSSR count). The Hall–Kier alpha value is -2.90. The minimum absolute atomic E-state index is 0.136. The number of benzene rings is 1. The van der Waals surface area contributed by atoms with E-state index < -0.39 is 4.92 Å². The summed E-state index contributed by atoms with van der Waals surface area (Å²) in [6.07, 6.45) is 3.18. The van der Waals surface area contributed by atoms with E-state index in [-0.39, 0.29) is 17.3 Å². The standard InChI is InChI=1S/C15H19N5O3/c1-3-4-8-16-14-13(20(21)22)15(18-10-17-14)19-11-6-5-7-12(9-11)23-2/h5-7,9-10H,3-4,8H2,1-2H3,(H2,16,17,18,19). The molecule has 0 saturated heterocycles. The molecule has 0 aliphatic carbocycles. The average Bonchev–Trinajstić information content (AvgIpc) is 2.55. The highest BCUT2D eigenvalue weighted by Gasteiger charge is 2.22. The van der Waals surface area contributed by atoms with Crippen molar-refractivity contribution in [2.24, 2.45) is 0 Å². The molecule has 0 saturated carbocycles. The van der Waals surface area contributed by atoms with Crippen molar-refractivity contribution in [2.75, 3.05) is 24.3 Å². The molecule has 0 radical (unpaired) electrons. The second-order valence-corrected chi connectivity index (χ2v) is 4.81. The van der Waals surface area contributed by atoms with Gasteiger partial charge in [0.05, 0.1) is 12.0 Å². The number of ether oxygens (including phenoxy) is 1. The van der Waals surface area contributed by atoms with Crippen molar-refractivity contribution in [3.8, 4) is 5.75 Å². The Kier molecular flexibility index (Phi) is 5.67. The van der Waals surface area contributed by atoms with Crippen LogP contribution in [0.1, 0.15) is 19.8 Å². The Morgan fingerprint density at radius 2 is 2.09 bits per heavy atom. The Labute approximate surface area is 134 Å². The number of unbranched alkanes of at least 4 members (excludes halogenated alkanes) is 1. The summed E-state index contributed by atoms with van der Waals surface area (Å²) in [6, 6.07) is 7.08. The Morgan fingerprint density at radius 1 is 1.30 bits per heavy atom. The lowest BCUT2D eigenvalue weighted by atomic mass is 10.3. The Bertz CT molecular complexity index is 678. The van der Waals surface area contributed by atoms with Crippen LogP contribution >= 0.6 is 0 Å². The van der Waals surface area contributed by atoms with Crippen molar-refractivity contribution >= 4 is 23.0 Å². The molecular formula is C15H19N5O3. The second-order valence-electron chi connectivity index (χ2n) is 4.81. The van der Waals surface area contributed by atoms with Crippen molar-refractivity contribution in [1.29, 1.82) is 0 Å². The fourth-order valence-electron chi connectivity index (χ4n) is 1.99. The average molecular weight is 317 g/mol. The highest BCUT2D eigenvalue weighted by Crippen LogP contribution is 2.31. The predicted molar refractivity (Wildman–Crippen MR) is 88.4 cm³/mol. The van der Waals surface area contributed by atoms with Crippen LogP contribution in [0.5, 0.6) is 5.75 Å². The van der Waals surface area contributed by atoms with E-state index in [9.17, 15) is 10.1 Å². The first-order valence-electron chi connectivity index (χ1n) is 7.30. The van der Waals surface area contributed by atoms with Crippen molar-refractivity contribution < 1.29 is 9.66 Å². The lowest BCUT2D eigenvalue weighted by Crippen LogP contribution is -2.09. The molecule has 122 valence electrons. The normalized spacial score (nSPS) is 10.2. The zero-order valence-corrected chi connectivity index (χ0v) is 13.1. The molecule has 0 fully saturated rings. The molecule has 0 bridgehead atoms. The van der Waals surface area contributed by atoms with Crippen molar-refractivity contribution in [2.45, 2.75) is 19.8 Å². The van der Waals surface area contributed by atoms with E-state index in [0.29, 0.717) is 18.0 Å². The molecule has 23 heavy (non-hydrogen) atoms. The highest BCUT2D eigenvalue weighted by atomic mass is 16.6. The van der Waals surface area contributed by atoms with Gasteiger partial charge in [-0.25, -0.2) is 9.97 Å². The van der Waals surface area contributed by atoms with E-state index in [2.05, 4.69) is 20.6 Å². The molecule has 8 nitrogen and oxygen atoms in total. The summed E-state index contributed by atoms with van der Waals surface area (Å²) in [4.78, 5) is 18.9. The first-order chi connectivity index (χ1) is 11.2. The third-order valence-corrected chi connectivity index (χ3v) is 3.16. The zero-order valence-electron chi connectivity index (χ0n) is 13.1. The van der Waals surface area contributed by atoms with Crippen LogP contribution < -0.4 is 15.4 Å². The lowest BCUT2D eigenvalue weighted by molar-refractivity contribution is -0.383. The maximum absolute atomic E-state index is 11.4. The van der Waals surface area contributed by atoms with E-state index in [1.807, 2.05) is 6.92 Å². The number of anilines is 3. The van der Waals surface area contributed by atoms with Gasteiger partial charge in [0.15, 0.2) is 0 Å². The number of rotatable bonds is 8. The van der Waals surface area contributed by atoms with E-state index in [0.717, 1.165) is 12.8 Å². The van der Waals surface area contributed by atoms with Crippen LogP contribution in [0.25, 0.3) is 0 Å². The van der Waals surface area contributed by atoms with Crippen LogP contribution in [0, 0.1) is 10.1 Å². The maximum atomic E-state index is 11.4.